The van der Waals surface area contributed by atoms with Gasteiger partial charge in [0.05, 0.1) is 17.9 Å². The SMILES string of the molecule is Nc1cc(C(=O)OCOCc2ccccc2)ccc1F. The standard InChI is InChI=1S/C15H14FNO3/c16-13-7-6-12(8-14(13)17)15(18)20-10-19-9-11-4-2-1-3-5-11/h1-8H,9-10,17H2. The molecular formula is C15H14FNO3. The molecule has 0 aromatic heterocycles. The van der Waals surface area contributed by atoms with Gasteiger partial charge in [-0.05, 0) is 23.8 Å². The van der Waals surface area contributed by atoms with Gasteiger partial charge >= 0.3 is 5.97 Å². The largest absolute Gasteiger partial charge is 0.435 e. The molecule has 0 heterocycles. The molecule has 5 heteroatoms. The maximum atomic E-state index is 13.0. The van der Waals surface area contributed by atoms with Crippen molar-refractivity contribution in [2.24, 2.45) is 0 Å². The highest BCUT2D eigenvalue weighted by Crippen LogP contribution is 2.13. The van der Waals surface area contributed by atoms with Crippen LogP contribution in [0.25, 0.3) is 0 Å². The molecule has 0 aliphatic carbocycles. The Hall–Kier alpha value is -2.40. The summed E-state index contributed by atoms with van der Waals surface area (Å²) in [6.45, 7) is 0.171. The van der Waals surface area contributed by atoms with E-state index in [4.69, 9.17) is 15.2 Å². The van der Waals surface area contributed by atoms with E-state index in [1.165, 1.54) is 12.1 Å². The van der Waals surface area contributed by atoms with Crippen LogP contribution < -0.4 is 5.73 Å². The van der Waals surface area contributed by atoms with Gasteiger partial charge in [-0.3, -0.25) is 0 Å². The third-order valence-corrected chi connectivity index (χ3v) is 2.62. The number of hydrogen-bond donors (Lipinski definition) is 1. The summed E-state index contributed by atoms with van der Waals surface area (Å²) in [6.07, 6.45) is 0. The normalized spacial score (nSPS) is 10.2. The van der Waals surface area contributed by atoms with Crippen LogP contribution in [0.5, 0.6) is 0 Å². The molecule has 0 saturated heterocycles. The van der Waals surface area contributed by atoms with Gasteiger partial charge < -0.3 is 15.2 Å². The zero-order valence-electron chi connectivity index (χ0n) is 10.7. The number of carbonyl (C=O) groups is 1. The molecule has 2 rings (SSSR count). The zero-order chi connectivity index (χ0) is 14.4. The lowest BCUT2D eigenvalue weighted by Gasteiger charge is -2.07. The van der Waals surface area contributed by atoms with Crippen LogP contribution in [0, 0.1) is 5.82 Å². The van der Waals surface area contributed by atoms with Crippen molar-refractivity contribution >= 4 is 11.7 Å². The Kier molecular flexibility index (Phi) is 4.68. The van der Waals surface area contributed by atoms with Gasteiger partial charge in [0.1, 0.15) is 5.82 Å². The third kappa shape index (κ3) is 3.80. The Balaban J connectivity index is 1.79. The van der Waals surface area contributed by atoms with Crippen molar-refractivity contribution in [3.05, 3.63) is 65.5 Å². The zero-order valence-corrected chi connectivity index (χ0v) is 10.7. The first-order valence-electron chi connectivity index (χ1n) is 6.00. The molecule has 4 nitrogen and oxygen atoms in total. The van der Waals surface area contributed by atoms with Gasteiger partial charge in [0.2, 0.25) is 0 Å². The number of nitrogen functional groups attached to an aromatic ring is 1. The number of rotatable bonds is 5. The van der Waals surface area contributed by atoms with E-state index in [1.807, 2.05) is 30.3 Å². The molecule has 0 bridgehead atoms. The molecule has 0 atom stereocenters. The number of ether oxygens (including phenoxy) is 2. The van der Waals surface area contributed by atoms with E-state index < -0.39 is 11.8 Å². The summed E-state index contributed by atoms with van der Waals surface area (Å²) in [5.41, 5.74) is 6.45. The smallest absolute Gasteiger partial charge is 0.340 e. The minimum absolute atomic E-state index is 0.0929. The highest BCUT2D eigenvalue weighted by atomic mass is 19.1. The fourth-order valence-corrected chi connectivity index (χ4v) is 1.58. The summed E-state index contributed by atoms with van der Waals surface area (Å²) in [7, 11) is 0. The van der Waals surface area contributed by atoms with E-state index in [0.717, 1.165) is 11.6 Å². The molecule has 0 radical (unpaired) electrons. The Bertz CT molecular complexity index is 587. The average Bonchev–Trinajstić information content (AvgIpc) is 2.47. The topological polar surface area (TPSA) is 61.6 Å². The number of anilines is 1. The highest BCUT2D eigenvalue weighted by Gasteiger charge is 2.09. The van der Waals surface area contributed by atoms with Crippen LogP contribution in [0.1, 0.15) is 15.9 Å². The second-order valence-electron chi connectivity index (χ2n) is 4.12. The summed E-state index contributed by atoms with van der Waals surface area (Å²) in [4.78, 5) is 11.6. The Morgan fingerprint density at radius 2 is 1.90 bits per heavy atom. The van der Waals surface area contributed by atoms with Crippen molar-refractivity contribution < 1.29 is 18.7 Å². The van der Waals surface area contributed by atoms with Gasteiger partial charge in [-0.25, -0.2) is 9.18 Å². The van der Waals surface area contributed by atoms with Crippen molar-refractivity contribution in [1.29, 1.82) is 0 Å². The van der Waals surface area contributed by atoms with Crippen LogP contribution >= 0.6 is 0 Å². The molecule has 0 fully saturated rings. The van der Waals surface area contributed by atoms with E-state index in [9.17, 15) is 9.18 Å². The van der Waals surface area contributed by atoms with Crippen molar-refractivity contribution in [3.8, 4) is 0 Å². The Morgan fingerprint density at radius 1 is 1.15 bits per heavy atom. The van der Waals surface area contributed by atoms with Gasteiger partial charge in [-0.15, -0.1) is 0 Å². The average molecular weight is 275 g/mol. The van der Waals surface area contributed by atoms with E-state index in [2.05, 4.69) is 0 Å². The van der Waals surface area contributed by atoms with Gasteiger partial charge in [-0.2, -0.15) is 0 Å². The van der Waals surface area contributed by atoms with Gasteiger partial charge in [0.15, 0.2) is 6.79 Å². The number of hydrogen-bond acceptors (Lipinski definition) is 4. The van der Waals surface area contributed by atoms with E-state index in [0.29, 0.717) is 6.61 Å². The van der Waals surface area contributed by atoms with Crippen LogP contribution in [-0.4, -0.2) is 12.8 Å². The minimum Gasteiger partial charge on any atom is -0.435 e. The second kappa shape index (κ2) is 6.68. The Labute approximate surface area is 115 Å². The monoisotopic (exact) mass is 275 g/mol. The van der Waals surface area contributed by atoms with E-state index in [1.54, 1.807) is 0 Å². The predicted octanol–water partition coefficient (Wildman–Crippen LogP) is 2.74. The fraction of sp³-hybridized carbons (Fsp3) is 0.133. The van der Waals surface area contributed by atoms with Crippen molar-refractivity contribution in [2.75, 3.05) is 12.5 Å². The quantitative estimate of drug-likeness (QED) is 0.394. The molecular weight excluding hydrogens is 261 g/mol. The molecule has 0 spiro atoms. The third-order valence-electron chi connectivity index (χ3n) is 2.62. The minimum atomic E-state index is -0.607. The summed E-state index contributed by atoms with van der Waals surface area (Å²) >= 11 is 0. The molecule has 0 saturated carbocycles. The molecule has 0 amide bonds. The lowest BCUT2D eigenvalue weighted by atomic mass is 10.2. The molecule has 2 aromatic rings. The summed E-state index contributed by atoms with van der Waals surface area (Å²) in [5, 5.41) is 0. The van der Waals surface area contributed by atoms with Crippen molar-refractivity contribution in [3.63, 3.8) is 0 Å². The second-order valence-corrected chi connectivity index (χ2v) is 4.12. The first-order valence-corrected chi connectivity index (χ1v) is 6.00. The van der Waals surface area contributed by atoms with Crippen LogP contribution in [0.2, 0.25) is 0 Å². The maximum Gasteiger partial charge on any atom is 0.340 e. The fourth-order valence-electron chi connectivity index (χ4n) is 1.58. The van der Waals surface area contributed by atoms with Crippen LogP contribution in [-0.2, 0) is 16.1 Å². The van der Waals surface area contributed by atoms with E-state index >= 15 is 0 Å². The summed E-state index contributed by atoms with van der Waals surface area (Å²) in [5.74, 6) is -1.17. The first kappa shape index (κ1) is 14.0. The number of halogens is 1. The van der Waals surface area contributed by atoms with E-state index in [-0.39, 0.29) is 18.0 Å². The summed E-state index contributed by atoms with van der Waals surface area (Å²) < 4.78 is 23.1. The van der Waals surface area contributed by atoms with Gasteiger partial charge in [-0.1, -0.05) is 30.3 Å². The molecule has 104 valence electrons. The van der Waals surface area contributed by atoms with Crippen molar-refractivity contribution in [2.45, 2.75) is 6.61 Å². The van der Waals surface area contributed by atoms with Gasteiger partial charge in [0.25, 0.3) is 0 Å². The lowest BCUT2D eigenvalue weighted by Crippen LogP contribution is -2.09. The predicted molar refractivity (Wildman–Crippen MR) is 72.3 cm³/mol. The number of benzene rings is 2. The molecule has 20 heavy (non-hydrogen) atoms. The van der Waals surface area contributed by atoms with Crippen LogP contribution in [0.15, 0.2) is 48.5 Å². The lowest BCUT2D eigenvalue weighted by molar-refractivity contribution is -0.0381. The highest BCUT2D eigenvalue weighted by molar-refractivity contribution is 5.90. The summed E-state index contributed by atoms with van der Waals surface area (Å²) in [6, 6.07) is 13.2. The van der Waals surface area contributed by atoms with Crippen LogP contribution in [0.3, 0.4) is 0 Å². The number of esters is 1. The molecule has 0 unspecified atom stereocenters. The molecule has 0 aliphatic heterocycles. The maximum absolute atomic E-state index is 13.0. The van der Waals surface area contributed by atoms with Gasteiger partial charge in [0, 0.05) is 0 Å². The first-order chi connectivity index (χ1) is 9.66. The Morgan fingerprint density at radius 3 is 2.60 bits per heavy atom. The molecule has 2 N–H and O–H groups in total. The molecule has 2 aromatic carbocycles. The van der Waals surface area contributed by atoms with Crippen LogP contribution in [0.4, 0.5) is 10.1 Å². The molecule has 0 aliphatic rings. The van der Waals surface area contributed by atoms with Crippen molar-refractivity contribution in [1.82, 2.24) is 0 Å². The number of carbonyl (C=O) groups excluding carboxylic acids is 1. The number of nitrogens with two attached hydrogens (primary N) is 1.